The third-order valence-electron chi connectivity index (χ3n) is 7.52. The van der Waals surface area contributed by atoms with E-state index in [0.717, 1.165) is 47.3 Å². The molecule has 0 aromatic heterocycles. The average molecular weight is 218 g/mol. The zero-order valence-corrected chi connectivity index (χ0v) is 11.2. The van der Waals surface area contributed by atoms with Gasteiger partial charge in [0.25, 0.3) is 0 Å². The molecule has 0 aromatic rings. The zero-order valence-electron chi connectivity index (χ0n) is 11.2. The Morgan fingerprint density at radius 1 is 0.875 bits per heavy atom. The third-order valence-corrected chi connectivity index (χ3v) is 7.52. The SMILES string of the molecule is CC1C(C)C2CC1C1C3CC(C21)C(C)(C)C3. The van der Waals surface area contributed by atoms with Gasteiger partial charge in [-0.15, -0.1) is 0 Å². The van der Waals surface area contributed by atoms with Crippen LogP contribution in [0.25, 0.3) is 0 Å². The molecule has 0 radical (unpaired) electrons. The van der Waals surface area contributed by atoms with E-state index in [9.17, 15) is 0 Å². The van der Waals surface area contributed by atoms with Gasteiger partial charge in [0.1, 0.15) is 0 Å². The van der Waals surface area contributed by atoms with E-state index in [-0.39, 0.29) is 0 Å². The van der Waals surface area contributed by atoms with Crippen LogP contribution in [-0.4, -0.2) is 0 Å². The minimum atomic E-state index is 0.680. The summed E-state index contributed by atoms with van der Waals surface area (Å²) in [6, 6.07) is 0. The van der Waals surface area contributed by atoms with Gasteiger partial charge in [0.15, 0.2) is 0 Å². The van der Waals surface area contributed by atoms with Crippen LogP contribution in [0.15, 0.2) is 0 Å². The van der Waals surface area contributed by atoms with E-state index >= 15 is 0 Å². The van der Waals surface area contributed by atoms with Crippen molar-refractivity contribution in [3.63, 3.8) is 0 Å². The predicted octanol–water partition coefficient (Wildman–Crippen LogP) is 4.21. The van der Waals surface area contributed by atoms with Gasteiger partial charge in [-0.05, 0) is 72.0 Å². The fourth-order valence-corrected chi connectivity index (χ4v) is 6.87. The van der Waals surface area contributed by atoms with Gasteiger partial charge in [-0.1, -0.05) is 27.7 Å². The molecule has 4 aliphatic rings. The maximum Gasteiger partial charge on any atom is -0.0316 e. The first-order valence-electron chi connectivity index (χ1n) is 7.50. The summed E-state index contributed by atoms with van der Waals surface area (Å²) >= 11 is 0. The lowest BCUT2D eigenvalue weighted by Gasteiger charge is -2.46. The summed E-state index contributed by atoms with van der Waals surface area (Å²) in [5, 5.41) is 0. The van der Waals surface area contributed by atoms with Gasteiger partial charge in [0.2, 0.25) is 0 Å². The van der Waals surface area contributed by atoms with Crippen LogP contribution < -0.4 is 0 Å². The second-order valence-corrected chi connectivity index (χ2v) is 8.23. The van der Waals surface area contributed by atoms with Crippen molar-refractivity contribution in [1.29, 1.82) is 0 Å². The number of fused-ring (bicyclic) bond motifs is 9. The highest BCUT2D eigenvalue weighted by Crippen LogP contribution is 2.73. The molecule has 4 aliphatic carbocycles. The Labute approximate surface area is 100 Å². The Bertz CT molecular complexity index is 329. The number of hydrogen-bond donors (Lipinski definition) is 0. The van der Waals surface area contributed by atoms with Crippen molar-refractivity contribution in [2.75, 3.05) is 0 Å². The van der Waals surface area contributed by atoms with Gasteiger partial charge in [-0.25, -0.2) is 0 Å². The van der Waals surface area contributed by atoms with Crippen LogP contribution in [0.5, 0.6) is 0 Å². The van der Waals surface area contributed by atoms with Crippen molar-refractivity contribution in [2.24, 2.45) is 52.8 Å². The molecule has 16 heavy (non-hydrogen) atoms. The number of hydrogen-bond acceptors (Lipinski definition) is 0. The lowest BCUT2D eigenvalue weighted by molar-refractivity contribution is 0.0157. The van der Waals surface area contributed by atoms with Gasteiger partial charge >= 0.3 is 0 Å². The van der Waals surface area contributed by atoms with Gasteiger partial charge in [-0.2, -0.15) is 0 Å². The molecule has 0 N–H and O–H groups in total. The van der Waals surface area contributed by atoms with E-state index in [1.165, 1.54) is 0 Å². The van der Waals surface area contributed by atoms with E-state index < -0.39 is 0 Å². The Morgan fingerprint density at radius 2 is 1.50 bits per heavy atom. The molecular weight excluding hydrogens is 192 g/mol. The minimum absolute atomic E-state index is 0.680. The standard InChI is InChI=1S/C16H26/c1-8-9(2)12-6-11(8)14-10-5-13(15(12)14)16(3,4)7-10/h8-15H,5-7H2,1-4H3. The molecule has 8 unspecified atom stereocenters. The van der Waals surface area contributed by atoms with Gasteiger partial charge in [0.05, 0.1) is 0 Å². The van der Waals surface area contributed by atoms with Crippen molar-refractivity contribution >= 4 is 0 Å². The molecule has 0 heteroatoms. The summed E-state index contributed by atoms with van der Waals surface area (Å²) < 4.78 is 0. The number of rotatable bonds is 0. The van der Waals surface area contributed by atoms with Crippen molar-refractivity contribution in [3.05, 3.63) is 0 Å². The molecule has 0 nitrogen and oxygen atoms in total. The van der Waals surface area contributed by atoms with Gasteiger partial charge < -0.3 is 0 Å². The van der Waals surface area contributed by atoms with Crippen LogP contribution in [0.2, 0.25) is 0 Å². The van der Waals surface area contributed by atoms with E-state index in [1.807, 2.05) is 0 Å². The van der Waals surface area contributed by atoms with Crippen LogP contribution in [0.3, 0.4) is 0 Å². The van der Waals surface area contributed by atoms with Gasteiger partial charge in [-0.3, -0.25) is 0 Å². The van der Waals surface area contributed by atoms with Crippen LogP contribution >= 0.6 is 0 Å². The average Bonchev–Trinajstić information content (AvgIpc) is 2.85. The Hall–Kier alpha value is 0. The van der Waals surface area contributed by atoms with Crippen LogP contribution in [0, 0.1) is 52.8 Å². The van der Waals surface area contributed by atoms with E-state index in [4.69, 9.17) is 0 Å². The monoisotopic (exact) mass is 218 g/mol. The topological polar surface area (TPSA) is 0 Å². The van der Waals surface area contributed by atoms with Crippen molar-refractivity contribution in [2.45, 2.75) is 47.0 Å². The summed E-state index contributed by atoms with van der Waals surface area (Å²) in [6.07, 6.45) is 4.73. The lowest BCUT2D eigenvalue weighted by atomic mass is 9.59. The summed E-state index contributed by atoms with van der Waals surface area (Å²) in [4.78, 5) is 0. The minimum Gasteiger partial charge on any atom is -0.0620 e. The van der Waals surface area contributed by atoms with Gasteiger partial charge in [0, 0.05) is 0 Å². The van der Waals surface area contributed by atoms with E-state index in [0.29, 0.717) is 5.41 Å². The first kappa shape index (κ1) is 9.97. The van der Waals surface area contributed by atoms with Crippen molar-refractivity contribution in [1.82, 2.24) is 0 Å². The normalized spacial score (nSPS) is 65.2. The quantitative estimate of drug-likeness (QED) is 0.534. The summed E-state index contributed by atoms with van der Waals surface area (Å²) in [5.41, 5.74) is 0.680. The zero-order chi connectivity index (χ0) is 11.2. The first-order valence-corrected chi connectivity index (χ1v) is 7.50. The maximum absolute atomic E-state index is 2.55. The van der Waals surface area contributed by atoms with E-state index in [1.54, 1.807) is 19.3 Å². The highest BCUT2D eigenvalue weighted by Gasteiger charge is 2.67. The van der Waals surface area contributed by atoms with Crippen molar-refractivity contribution < 1.29 is 0 Å². The molecule has 8 atom stereocenters. The summed E-state index contributed by atoms with van der Waals surface area (Å²) in [7, 11) is 0. The fourth-order valence-electron chi connectivity index (χ4n) is 6.87. The van der Waals surface area contributed by atoms with Crippen LogP contribution in [-0.2, 0) is 0 Å². The molecule has 0 aliphatic heterocycles. The molecule has 4 fully saturated rings. The Kier molecular flexibility index (Phi) is 1.68. The maximum atomic E-state index is 2.55. The molecule has 4 saturated carbocycles. The molecule has 0 saturated heterocycles. The fraction of sp³-hybridized carbons (Fsp3) is 1.00. The Balaban J connectivity index is 1.73. The molecular formula is C16H26. The molecule has 4 bridgehead atoms. The molecule has 90 valence electrons. The Morgan fingerprint density at radius 3 is 2.19 bits per heavy atom. The summed E-state index contributed by atoms with van der Waals surface area (Å²) in [5.74, 6) is 8.81. The highest BCUT2D eigenvalue weighted by atomic mass is 14.7. The second-order valence-electron chi connectivity index (χ2n) is 8.23. The second kappa shape index (κ2) is 2.70. The van der Waals surface area contributed by atoms with Crippen LogP contribution in [0.4, 0.5) is 0 Å². The van der Waals surface area contributed by atoms with E-state index in [2.05, 4.69) is 27.7 Å². The molecule has 0 amide bonds. The molecule has 4 rings (SSSR count). The first-order chi connectivity index (χ1) is 7.50. The molecule has 0 heterocycles. The lowest BCUT2D eigenvalue weighted by Crippen LogP contribution is -2.41. The van der Waals surface area contributed by atoms with Crippen LogP contribution in [0.1, 0.15) is 47.0 Å². The predicted molar refractivity (Wildman–Crippen MR) is 66.9 cm³/mol. The van der Waals surface area contributed by atoms with Crippen molar-refractivity contribution in [3.8, 4) is 0 Å². The largest absolute Gasteiger partial charge is 0.0620 e. The molecule has 0 aromatic carbocycles. The molecule has 0 spiro atoms. The summed E-state index contributed by atoms with van der Waals surface area (Å²) in [6.45, 7) is 10.2. The third kappa shape index (κ3) is 0.910. The smallest absolute Gasteiger partial charge is 0.0316 e. The highest BCUT2D eigenvalue weighted by molar-refractivity contribution is 5.15.